The highest BCUT2D eigenvalue weighted by atomic mass is 32.1. The van der Waals surface area contributed by atoms with Crippen LogP contribution in [0, 0.1) is 11.6 Å². The molecule has 0 spiro atoms. The van der Waals surface area contributed by atoms with E-state index in [0.717, 1.165) is 28.4 Å². The molecule has 3 nitrogen and oxygen atoms in total. The minimum absolute atomic E-state index is 0.233. The zero-order chi connectivity index (χ0) is 16.2. The second-order valence-corrected chi connectivity index (χ2v) is 6.61. The lowest BCUT2D eigenvalue weighted by atomic mass is 10.1. The first-order valence-corrected chi connectivity index (χ1v) is 8.76. The van der Waals surface area contributed by atoms with E-state index in [2.05, 4.69) is 10.3 Å². The Bertz CT molecular complexity index is 774. The molecule has 2 N–H and O–H groups in total. The van der Waals surface area contributed by atoms with Crippen molar-refractivity contribution < 1.29 is 13.9 Å². The van der Waals surface area contributed by atoms with Crippen LogP contribution < -0.4 is 5.32 Å². The van der Waals surface area contributed by atoms with Crippen LogP contribution in [0.5, 0.6) is 0 Å². The fourth-order valence-electron chi connectivity index (χ4n) is 2.08. The van der Waals surface area contributed by atoms with Crippen LogP contribution in [-0.4, -0.2) is 16.6 Å². The third-order valence-corrected chi connectivity index (χ3v) is 4.92. The molecule has 0 unspecified atom stereocenters. The van der Waals surface area contributed by atoms with Gasteiger partial charge in [0.2, 0.25) is 0 Å². The second kappa shape index (κ2) is 7.27. The average molecular weight is 352 g/mol. The summed E-state index contributed by atoms with van der Waals surface area (Å²) in [5.74, 6) is -1.88. The number of aliphatic hydroxyl groups is 1. The van der Waals surface area contributed by atoms with Crippen molar-refractivity contribution in [3.63, 3.8) is 0 Å². The van der Waals surface area contributed by atoms with E-state index in [1.54, 1.807) is 22.7 Å². The van der Waals surface area contributed by atoms with E-state index < -0.39 is 17.7 Å². The van der Waals surface area contributed by atoms with Crippen LogP contribution in [0.1, 0.15) is 17.4 Å². The Labute approximate surface area is 140 Å². The summed E-state index contributed by atoms with van der Waals surface area (Å²) in [5.41, 5.74) is 2.33. The molecule has 2 aromatic heterocycles. The summed E-state index contributed by atoms with van der Waals surface area (Å²) in [5, 5.41) is 20.1. The van der Waals surface area contributed by atoms with Crippen LogP contribution in [0.15, 0.2) is 40.4 Å². The van der Waals surface area contributed by atoms with Crippen molar-refractivity contribution in [2.24, 2.45) is 0 Å². The van der Waals surface area contributed by atoms with Crippen molar-refractivity contribution in [3.05, 3.63) is 63.3 Å². The lowest BCUT2D eigenvalue weighted by Crippen LogP contribution is -2.21. The normalized spacial score (nSPS) is 12.5. The van der Waals surface area contributed by atoms with Gasteiger partial charge in [0.1, 0.15) is 5.01 Å². The highest BCUT2D eigenvalue weighted by Gasteiger charge is 2.11. The predicted octanol–water partition coefficient (Wildman–Crippen LogP) is 3.97. The number of nitrogens with zero attached hydrogens (tertiary/aromatic N) is 1. The van der Waals surface area contributed by atoms with Crippen LogP contribution in [-0.2, 0) is 6.54 Å². The van der Waals surface area contributed by atoms with Crippen molar-refractivity contribution in [2.45, 2.75) is 12.6 Å². The number of thiophene rings is 1. The molecule has 1 atom stereocenters. The molecule has 0 amide bonds. The van der Waals surface area contributed by atoms with Crippen molar-refractivity contribution in [1.29, 1.82) is 0 Å². The van der Waals surface area contributed by atoms with Gasteiger partial charge < -0.3 is 10.4 Å². The number of thiazole rings is 1. The number of aromatic nitrogens is 1. The minimum Gasteiger partial charge on any atom is -0.387 e. The fourth-order valence-corrected chi connectivity index (χ4v) is 3.61. The largest absolute Gasteiger partial charge is 0.387 e. The van der Waals surface area contributed by atoms with Crippen LogP contribution in [0.3, 0.4) is 0 Å². The summed E-state index contributed by atoms with van der Waals surface area (Å²) in [6, 6.07) is 5.43. The molecular formula is C16H14F2N2OS2. The number of hydrogen-bond donors (Lipinski definition) is 2. The predicted molar refractivity (Wildman–Crippen MR) is 88.5 cm³/mol. The summed E-state index contributed by atoms with van der Waals surface area (Å²) >= 11 is 3.19. The Morgan fingerprint density at radius 3 is 2.78 bits per heavy atom. The van der Waals surface area contributed by atoms with Crippen LogP contribution in [0.4, 0.5) is 8.78 Å². The van der Waals surface area contributed by atoms with E-state index in [0.29, 0.717) is 12.1 Å². The Balaban J connectivity index is 1.54. The first kappa shape index (κ1) is 16.2. The monoisotopic (exact) mass is 352 g/mol. The van der Waals surface area contributed by atoms with E-state index in [9.17, 15) is 13.9 Å². The van der Waals surface area contributed by atoms with E-state index in [1.807, 2.05) is 22.2 Å². The fraction of sp³-hybridized carbons (Fsp3) is 0.188. The number of nitrogens with one attached hydrogen (secondary N) is 1. The zero-order valence-corrected chi connectivity index (χ0v) is 13.6. The molecule has 0 saturated carbocycles. The minimum atomic E-state index is -0.957. The Morgan fingerprint density at radius 1 is 1.17 bits per heavy atom. The summed E-state index contributed by atoms with van der Waals surface area (Å²) in [6.45, 7) is 0.734. The quantitative estimate of drug-likeness (QED) is 0.705. The molecule has 0 fully saturated rings. The van der Waals surface area contributed by atoms with Gasteiger partial charge in [0.25, 0.3) is 0 Å². The van der Waals surface area contributed by atoms with Gasteiger partial charge in [-0.05, 0) is 29.1 Å². The van der Waals surface area contributed by atoms with E-state index in [4.69, 9.17) is 0 Å². The molecule has 0 aliphatic carbocycles. The molecule has 0 aliphatic heterocycles. The maximum absolute atomic E-state index is 13.1. The highest BCUT2D eigenvalue weighted by Crippen LogP contribution is 2.25. The SMILES string of the molecule is O[C@@H](CNCc1csc(-c2ccsc2)n1)c1ccc(F)c(F)c1. The molecule has 0 bridgehead atoms. The smallest absolute Gasteiger partial charge is 0.159 e. The Hall–Kier alpha value is -1.67. The molecule has 3 aromatic rings. The average Bonchev–Trinajstić information content (AvgIpc) is 3.20. The van der Waals surface area contributed by atoms with Crippen LogP contribution in [0.2, 0.25) is 0 Å². The molecule has 23 heavy (non-hydrogen) atoms. The summed E-state index contributed by atoms with van der Waals surface area (Å²) in [7, 11) is 0. The maximum Gasteiger partial charge on any atom is 0.159 e. The van der Waals surface area contributed by atoms with Crippen molar-refractivity contribution in [1.82, 2.24) is 10.3 Å². The third-order valence-electron chi connectivity index (χ3n) is 3.29. The van der Waals surface area contributed by atoms with Gasteiger partial charge in [-0.25, -0.2) is 13.8 Å². The van der Waals surface area contributed by atoms with Crippen LogP contribution in [0.25, 0.3) is 10.6 Å². The molecule has 0 saturated heterocycles. The van der Waals surface area contributed by atoms with Gasteiger partial charge in [0.05, 0.1) is 11.8 Å². The molecular weight excluding hydrogens is 338 g/mol. The number of halogens is 2. The Morgan fingerprint density at radius 2 is 2.04 bits per heavy atom. The molecule has 7 heteroatoms. The molecule has 3 rings (SSSR count). The summed E-state index contributed by atoms with van der Waals surface area (Å²) in [4.78, 5) is 4.52. The highest BCUT2D eigenvalue weighted by molar-refractivity contribution is 7.14. The Kier molecular flexibility index (Phi) is 5.12. The number of aliphatic hydroxyl groups excluding tert-OH is 1. The van der Waals surface area contributed by atoms with Crippen molar-refractivity contribution >= 4 is 22.7 Å². The summed E-state index contributed by atoms with van der Waals surface area (Å²) < 4.78 is 26.0. The van der Waals surface area contributed by atoms with Gasteiger partial charge in [-0.2, -0.15) is 11.3 Å². The number of hydrogen-bond acceptors (Lipinski definition) is 5. The lowest BCUT2D eigenvalue weighted by molar-refractivity contribution is 0.173. The standard InChI is InChI=1S/C16H14F2N2OS2/c17-13-2-1-10(5-14(13)18)15(21)7-19-6-12-9-23-16(20-12)11-3-4-22-8-11/h1-5,8-9,15,19,21H,6-7H2/t15-/m0/s1. The summed E-state index contributed by atoms with van der Waals surface area (Å²) in [6.07, 6.45) is -0.903. The second-order valence-electron chi connectivity index (χ2n) is 4.98. The van der Waals surface area contributed by atoms with Gasteiger partial charge in [-0.15, -0.1) is 11.3 Å². The first-order chi connectivity index (χ1) is 11.1. The van der Waals surface area contributed by atoms with E-state index >= 15 is 0 Å². The molecule has 0 aliphatic rings. The first-order valence-electron chi connectivity index (χ1n) is 6.94. The van der Waals surface area contributed by atoms with Gasteiger partial charge in [0, 0.05) is 29.4 Å². The zero-order valence-electron chi connectivity index (χ0n) is 12.0. The van der Waals surface area contributed by atoms with Crippen molar-refractivity contribution in [3.8, 4) is 10.6 Å². The number of rotatable bonds is 6. The van der Waals surface area contributed by atoms with Crippen molar-refractivity contribution in [2.75, 3.05) is 6.54 Å². The molecule has 2 heterocycles. The molecule has 120 valence electrons. The van der Waals surface area contributed by atoms with E-state index in [1.165, 1.54) is 6.07 Å². The van der Waals surface area contributed by atoms with Gasteiger partial charge in [-0.3, -0.25) is 0 Å². The third kappa shape index (κ3) is 4.00. The lowest BCUT2D eigenvalue weighted by Gasteiger charge is -2.11. The van der Waals surface area contributed by atoms with Gasteiger partial charge in [0.15, 0.2) is 11.6 Å². The van der Waals surface area contributed by atoms with Gasteiger partial charge >= 0.3 is 0 Å². The topological polar surface area (TPSA) is 45.1 Å². The molecule has 1 aromatic carbocycles. The maximum atomic E-state index is 13.1. The van der Waals surface area contributed by atoms with E-state index in [-0.39, 0.29) is 6.54 Å². The number of benzene rings is 1. The van der Waals surface area contributed by atoms with Gasteiger partial charge in [-0.1, -0.05) is 6.07 Å². The van der Waals surface area contributed by atoms with Crippen LogP contribution >= 0.6 is 22.7 Å². The molecule has 0 radical (unpaired) electrons.